The van der Waals surface area contributed by atoms with Crippen LogP contribution in [0.3, 0.4) is 0 Å². The second kappa shape index (κ2) is 9.98. The number of aliphatic hydroxyl groups excluding tert-OH is 3. The molecule has 1 aliphatic heterocycles. The van der Waals surface area contributed by atoms with Crippen molar-refractivity contribution in [3.05, 3.63) is 58.2 Å². The number of nitriles is 1. The van der Waals surface area contributed by atoms with Gasteiger partial charge in [0.05, 0.1) is 17.3 Å². The van der Waals surface area contributed by atoms with E-state index in [0.717, 1.165) is 28.6 Å². The molecule has 2 aromatic heterocycles. The Morgan fingerprint density at radius 2 is 1.88 bits per heavy atom. The van der Waals surface area contributed by atoms with Crippen LogP contribution in [-0.4, -0.2) is 65.7 Å². The van der Waals surface area contributed by atoms with E-state index in [4.69, 9.17) is 10.00 Å². The molecule has 0 saturated carbocycles. The summed E-state index contributed by atoms with van der Waals surface area (Å²) < 4.78 is 47.7. The second-order valence-corrected chi connectivity index (χ2v) is 9.29. The van der Waals surface area contributed by atoms with E-state index in [1.54, 1.807) is 6.07 Å². The van der Waals surface area contributed by atoms with Crippen molar-refractivity contribution in [1.29, 1.82) is 5.26 Å². The van der Waals surface area contributed by atoms with Gasteiger partial charge in [-0.25, -0.2) is 22.8 Å². The molecule has 3 aromatic rings. The molecule has 4 rings (SSSR count). The number of aliphatic hydroxyl groups is 3. The lowest BCUT2D eigenvalue weighted by atomic mass is 9.97. The van der Waals surface area contributed by atoms with Gasteiger partial charge in [0.15, 0.2) is 23.1 Å². The van der Waals surface area contributed by atoms with Crippen LogP contribution in [0.25, 0.3) is 11.3 Å². The molecule has 178 valence electrons. The van der Waals surface area contributed by atoms with E-state index < -0.39 is 53.8 Å². The highest BCUT2D eigenvalue weighted by atomic mass is 79.9. The van der Waals surface area contributed by atoms with Gasteiger partial charge in [0.1, 0.15) is 41.6 Å². The van der Waals surface area contributed by atoms with Gasteiger partial charge in [-0.05, 0) is 34.1 Å². The number of pyridine rings is 1. The molecule has 0 amide bonds. The molecule has 0 unspecified atom stereocenters. The zero-order valence-corrected chi connectivity index (χ0v) is 19.3. The summed E-state index contributed by atoms with van der Waals surface area (Å²) in [7, 11) is 0. The third-order valence-corrected chi connectivity index (χ3v) is 6.84. The first-order valence-corrected chi connectivity index (χ1v) is 11.3. The summed E-state index contributed by atoms with van der Waals surface area (Å²) in [6.07, 6.45) is -1.27. The highest BCUT2D eigenvalue weighted by Crippen LogP contribution is 2.38. The number of thioether (sulfide) groups is 1. The van der Waals surface area contributed by atoms with E-state index in [9.17, 15) is 28.5 Å². The van der Waals surface area contributed by atoms with Crippen molar-refractivity contribution < 1.29 is 33.2 Å². The van der Waals surface area contributed by atoms with Crippen molar-refractivity contribution in [2.24, 2.45) is 0 Å². The van der Waals surface area contributed by atoms with Crippen molar-refractivity contribution in [2.45, 2.75) is 34.7 Å². The molecular weight excluding hydrogens is 543 g/mol. The fraction of sp³-hybridized carbons (Fsp3) is 0.300. The van der Waals surface area contributed by atoms with Gasteiger partial charge in [0.2, 0.25) is 0 Å². The first kappa shape index (κ1) is 24.6. The summed E-state index contributed by atoms with van der Waals surface area (Å²) in [6, 6.07) is 3.84. The molecule has 0 radical (unpaired) electrons. The van der Waals surface area contributed by atoms with E-state index in [1.807, 2.05) is 6.07 Å². The van der Waals surface area contributed by atoms with Gasteiger partial charge in [0, 0.05) is 16.7 Å². The van der Waals surface area contributed by atoms with Crippen LogP contribution in [0.2, 0.25) is 0 Å². The maximum atomic E-state index is 13.6. The Hall–Kier alpha value is -2.54. The Balaban J connectivity index is 1.63. The van der Waals surface area contributed by atoms with Crippen LogP contribution in [0.5, 0.6) is 0 Å². The number of ether oxygens (including phenoxy) is 1. The van der Waals surface area contributed by atoms with Gasteiger partial charge in [-0.3, -0.25) is 0 Å². The average Bonchev–Trinajstić information content (AvgIpc) is 3.29. The molecule has 1 aromatic carbocycles. The zero-order valence-electron chi connectivity index (χ0n) is 16.9. The van der Waals surface area contributed by atoms with Gasteiger partial charge < -0.3 is 20.1 Å². The maximum Gasteiger partial charge on any atom is 0.194 e. The number of hydrogen-bond donors (Lipinski definition) is 3. The molecule has 1 fully saturated rings. The molecule has 0 bridgehead atoms. The number of rotatable bonds is 5. The van der Waals surface area contributed by atoms with E-state index in [1.165, 1.54) is 12.4 Å². The monoisotopic (exact) mass is 557 g/mol. The van der Waals surface area contributed by atoms with Gasteiger partial charge in [-0.1, -0.05) is 17.0 Å². The van der Waals surface area contributed by atoms with Crippen molar-refractivity contribution in [3.8, 4) is 17.3 Å². The van der Waals surface area contributed by atoms with Crippen molar-refractivity contribution >= 4 is 27.7 Å². The summed E-state index contributed by atoms with van der Waals surface area (Å²) >= 11 is 4.27. The SMILES string of the molecule is N#Cc1ncc(S[C@H]2O[C@H](CO)[C@H](O)[C@H](n3cc(-c4cc(F)c(F)c(F)c4)nn3)[C@H]2O)cc1Br. The number of hydrogen-bond acceptors (Lipinski definition) is 9. The van der Waals surface area contributed by atoms with Crippen LogP contribution in [0, 0.1) is 28.8 Å². The Morgan fingerprint density at radius 3 is 2.50 bits per heavy atom. The van der Waals surface area contributed by atoms with Crippen molar-refractivity contribution in [2.75, 3.05) is 6.61 Å². The average molecular weight is 558 g/mol. The highest BCUT2D eigenvalue weighted by molar-refractivity contribution is 9.10. The number of benzene rings is 1. The highest BCUT2D eigenvalue weighted by Gasteiger charge is 2.46. The molecule has 1 saturated heterocycles. The van der Waals surface area contributed by atoms with Gasteiger partial charge in [0.25, 0.3) is 0 Å². The lowest BCUT2D eigenvalue weighted by Gasteiger charge is -2.41. The number of halogens is 4. The fourth-order valence-corrected chi connectivity index (χ4v) is 5.09. The third kappa shape index (κ3) is 4.67. The maximum absolute atomic E-state index is 13.6. The predicted molar refractivity (Wildman–Crippen MR) is 115 cm³/mol. The van der Waals surface area contributed by atoms with E-state index in [-0.39, 0.29) is 17.0 Å². The predicted octanol–water partition coefficient (Wildman–Crippen LogP) is 2.16. The van der Waals surface area contributed by atoms with Crippen LogP contribution in [-0.2, 0) is 4.74 Å². The summed E-state index contributed by atoms with van der Waals surface area (Å²) in [5.74, 6) is -4.44. The van der Waals surface area contributed by atoms with Crippen LogP contribution in [0.15, 0.2) is 40.0 Å². The molecule has 14 heteroatoms. The summed E-state index contributed by atoms with van der Waals surface area (Å²) in [4.78, 5) is 4.52. The number of nitrogens with zero attached hydrogens (tertiary/aromatic N) is 5. The van der Waals surface area contributed by atoms with Crippen molar-refractivity contribution in [1.82, 2.24) is 20.0 Å². The Kier molecular flexibility index (Phi) is 7.22. The first-order valence-electron chi connectivity index (χ1n) is 9.65. The fourth-order valence-electron chi connectivity index (χ4n) is 3.44. The van der Waals surface area contributed by atoms with Gasteiger partial charge >= 0.3 is 0 Å². The first-order chi connectivity index (χ1) is 16.2. The molecule has 0 spiro atoms. The smallest absolute Gasteiger partial charge is 0.194 e. The van der Waals surface area contributed by atoms with Crippen LogP contribution < -0.4 is 0 Å². The van der Waals surface area contributed by atoms with Crippen LogP contribution >= 0.6 is 27.7 Å². The van der Waals surface area contributed by atoms with E-state index >= 15 is 0 Å². The topological polar surface area (TPSA) is 137 Å². The van der Waals surface area contributed by atoms with Gasteiger partial charge in [-0.15, -0.1) is 5.10 Å². The Labute approximate surface area is 202 Å². The Bertz CT molecular complexity index is 1240. The lowest BCUT2D eigenvalue weighted by molar-refractivity contribution is -0.178. The minimum atomic E-state index is -1.62. The van der Waals surface area contributed by atoms with Crippen LogP contribution in [0.4, 0.5) is 13.2 Å². The molecule has 3 N–H and O–H groups in total. The van der Waals surface area contributed by atoms with E-state index in [0.29, 0.717) is 9.37 Å². The normalized spacial score (nSPS) is 24.7. The standard InChI is InChI=1S/C20H15BrF3N5O4S/c21-10-3-9(5-26-13(10)4-25)34-20-19(32)17(18(31)15(7-30)33-20)29-6-14(27-28-29)8-1-11(22)16(24)12(23)2-8/h1-3,5-6,15,17-20,30-32H,7H2/t15-,17+,18+,19-,20-/m1/s1. The molecule has 0 aliphatic carbocycles. The summed E-state index contributed by atoms with van der Waals surface area (Å²) in [6.45, 7) is -0.577. The number of aromatic nitrogens is 4. The minimum Gasteiger partial charge on any atom is -0.394 e. The molecule has 5 atom stereocenters. The molecule has 9 nitrogen and oxygen atoms in total. The minimum absolute atomic E-state index is 0.0336. The summed E-state index contributed by atoms with van der Waals surface area (Å²) in [5, 5.41) is 48.0. The largest absolute Gasteiger partial charge is 0.394 e. The molecular formula is C20H15BrF3N5O4S. The lowest BCUT2D eigenvalue weighted by Crippen LogP contribution is -2.55. The van der Waals surface area contributed by atoms with Gasteiger partial charge in [-0.2, -0.15) is 5.26 Å². The molecule has 34 heavy (non-hydrogen) atoms. The summed E-state index contributed by atoms with van der Waals surface area (Å²) in [5.41, 5.74) is -0.967. The molecule has 1 aliphatic rings. The molecule has 3 heterocycles. The van der Waals surface area contributed by atoms with E-state index in [2.05, 4.69) is 31.2 Å². The zero-order chi connectivity index (χ0) is 24.6. The quantitative estimate of drug-likeness (QED) is 0.403. The van der Waals surface area contributed by atoms with Crippen LogP contribution in [0.1, 0.15) is 11.7 Å². The third-order valence-electron chi connectivity index (χ3n) is 5.12. The Morgan fingerprint density at radius 1 is 1.18 bits per heavy atom. The second-order valence-electron chi connectivity index (χ2n) is 7.27. The van der Waals surface area contributed by atoms with Crippen molar-refractivity contribution in [3.63, 3.8) is 0 Å².